The Labute approximate surface area is 126 Å². The Morgan fingerprint density at radius 1 is 1.18 bits per heavy atom. The maximum Gasteiger partial charge on any atom is 0.273 e. The fourth-order valence-electron chi connectivity index (χ4n) is 2.29. The number of para-hydroxylation sites is 1. The molecule has 0 unspecified atom stereocenters. The Kier molecular flexibility index (Phi) is 3.34. The number of hydrogen-bond acceptors (Lipinski definition) is 5. The van der Waals surface area contributed by atoms with Gasteiger partial charge >= 0.3 is 0 Å². The van der Waals surface area contributed by atoms with Gasteiger partial charge in [0.05, 0.1) is 22.2 Å². The first-order chi connectivity index (χ1) is 10.5. The Balaban J connectivity index is 1.98. The highest BCUT2D eigenvalue weighted by Crippen LogP contribution is 2.31. The van der Waals surface area contributed by atoms with Crippen LogP contribution in [0.1, 0.15) is 5.56 Å². The summed E-state index contributed by atoms with van der Waals surface area (Å²) in [6.07, 6.45) is 0. The number of fused-ring (bicyclic) bond motifs is 1. The van der Waals surface area contributed by atoms with Crippen LogP contribution in [0.2, 0.25) is 0 Å². The number of pyridine rings is 1. The van der Waals surface area contributed by atoms with Crippen LogP contribution in [-0.2, 0) is 0 Å². The first kappa shape index (κ1) is 13.8. The van der Waals surface area contributed by atoms with Crippen LogP contribution in [-0.4, -0.2) is 15.0 Å². The zero-order chi connectivity index (χ0) is 15.7. The maximum atomic E-state index is 10.7. The SMILES string of the molecule is Cc1cc(Nc2ccc([N+](=O)[O-])cc2O)nc2ccccc12. The van der Waals surface area contributed by atoms with Gasteiger partial charge in [0.15, 0.2) is 0 Å². The molecule has 110 valence electrons. The lowest BCUT2D eigenvalue weighted by Gasteiger charge is -2.10. The van der Waals surface area contributed by atoms with Crippen molar-refractivity contribution in [1.82, 2.24) is 4.98 Å². The molecule has 0 radical (unpaired) electrons. The number of aromatic nitrogens is 1. The number of benzene rings is 2. The summed E-state index contributed by atoms with van der Waals surface area (Å²) in [5.74, 6) is 0.377. The third-order valence-corrected chi connectivity index (χ3v) is 3.38. The number of nitro benzene ring substituents is 1. The quantitative estimate of drug-likeness (QED) is 0.434. The molecule has 22 heavy (non-hydrogen) atoms. The van der Waals surface area contributed by atoms with E-state index in [1.54, 1.807) is 0 Å². The zero-order valence-corrected chi connectivity index (χ0v) is 11.8. The molecule has 6 heteroatoms. The molecule has 3 rings (SSSR count). The van der Waals surface area contributed by atoms with E-state index in [-0.39, 0.29) is 11.4 Å². The van der Waals surface area contributed by atoms with E-state index < -0.39 is 4.92 Å². The molecule has 0 amide bonds. The van der Waals surface area contributed by atoms with Gasteiger partial charge in [-0.3, -0.25) is 10.1 Å². The lowest BCUT2D eigenvalue weighted by molar-refractivity contribution is -0.384. The minimum atomic E-state index is -0.554. The van der Waals surface area contributed by atoms with E-state index in [0.717, 1.165) is 22.5 Å². The van der Waals surface area contributed by atoms with Gasteiger partial charge in [0.25, 0.3) is 5.69 Å². The van der Waals surface area contributed by atoms with Gasteiger partial charge in [0.2, 0.25) is 0 Å². The number of phenolic OH excluding ortho intramolecular Hbond substituents is 1. The molecular weight excluding hydrogens is 282 g/mol. The second-order valence-corrected chi connectivity index (χ2v) is 4.93. The van der Waals surface area contributed by atoms with Crippen LogP contribution in [0.25, 0.3) is 10.9 Å². The normalized spacial score (nSPS) is 10.6. The predicted octanol–water partition coefficient (Wildman–Crippen LogP) is 3.90. The summed E-state index contributed by atoms with van der Waals surface area (Å²) in [4.78, 5) is 14.6. The van der Waals surface area contributed by atoms with E-state index in [1.165, 1.54) is 12.1 Å². The van der Waals surface area contributed by atoms with E-state index in [1.807, 2.05) is 37.3 Å². The summed E-state index contributed by atoms with van der Waals surface area (Å²) in [6, 6.07) is 13.5. The molecule has 0 fully saturated rings. The van der Waals surface area contributed by atoms with Gasteiger partial charge in [0.1, 0.15) is 11.6 Å². The second-order valence-electron chi connectivity index (χ2n) is 4.93. The van der Waals surface area contributed by atoms with Crippen molar-refractivity contribution in [3.63, 3.8) is 0 Å². The predicted molar refractivity (Wildman–Crippen MR) is 84.5 cm³/mol. The van der Waals surface area contributed by atoms with Gasteiger partial charge in [-0.2, -0.15) is 0 Å². The van der Waals surface area contributed by atoms with Crippen molar-refractivity contribution in [2.24, 2.45) is 0 Å². The fraction of sp³-hybridized carbons (Fsp3) is 0.0625. The first-order valence-corrected chi connectivity index (χ1v) is 6.65. The van der Waals surface area contributed by atoms with Gasteiger partial charge in [-0.1, -0.05) is 18.2 Å². The van der Waals surface area contributed by atoms with Crippen LogP contribution in [0.4, 0.5) is 17.2 Å². The van der Waals surface area contributed by atoms with Crippen LogP contribution in [0.15, 0.2) is 48.5 Å². The van der Waals surface area contributed by atoms with Crippen molar-refractivity contribution in [2.45, 2.75) is 6.92 Å². The van der Waals surface area contributed by atoms with Crippen LogP contribution < -0.4 is 5.32 Å². The average Bonchev–Trinajstić information content (AvgIpc) is 2.49. The third-order valence-electron chi connectivity index (χ3n) is 3.38. The number of anilines is 2. The molecule has 1 aromatic heterocycles. The van der Waals surface area contributed by atoms with Gasteiger partial charge < -0.3 is 10.4 Å². The molecular formula is C16H13N3O3. The van der Waals surface area contributed by atoms with E-state index in [2.05, 4.69) is 10.3 Å². The lowest BCUT2D eigenvalue weighted by Crippen LogP contribution is -1.96. The number of aromatic hydroxyl groups is 1. The van der Waals surface area contributed by atoms with Gasteiger partial charge in [0, 0.05) is 11.5 Å². The smallest absolute Gasteiger partial charge is 0.273 e. The topological polar surface area (TPSA) is 88.3 Å². The minimum Gasteiger partial charge on any atom is -0.506 e. The number of nitrogens with one attached hydrogen (secondary N) is 1. The maximum absolute atomic E-state index is 10.7. The largest absolute Gasteiger partial charge is 0.506 e. The molecule has 0 atom stereocenters. The second kappa shape index (κ2) is 5.33. The molecule has 0 aliphatic heterocycles. The average molecular weight is 295 g/mol. The number of nitrogens with zero attached hydrogens (tertiary/aromatic N) is 2. The summed E-state index contributed by atoms with van der Waals surface area (Å²) in [5, 5.41) is 24.6. The van der Waals surface area contributed by atoms with E-state index >= 15 is 0 Å². The molecule has 0 spiro atoms. The molecule has 0 aliphatic rings. The number of aryl methyl sites for hydroxylation is 1. The zero-order valence-electron chi connectivity index (χ0n) is 11.8. The standard InChI is InChI=1S/C16H13N3O3/c1-10-8-16(17-13-5-3-2-4-12(10)13)18-14-7-6-11(19(21)22)9-15(14)20/h2-9,20H,1H3,(H,17,18). The summed E-state index contributed by atoms with van der Waals surface area (Å²) in [5.41, 5.74) is 2.10. The monoisotopic (exact) mass is 295 g/mol. The van der Waals surface area contributed by atoms with Crippen LogP contribution >= 0.6 is 0 Å². The number of rotatable bonds is 3. The summed E-state index contributed by atoms with van der Waals surface area (Å²) in [6.45, 7) is 1.98. The van der Waals surface area contributed by atoms with E-state index in [4.69, 9.17) is 0 Å². The molecule has 1 heterocycles. The van der Waals surface area contributed by atoms with Gasteiger partial charge in [-0.15, -0.1) is 0 Å². The molecule has 0 bridgehead atoms. The number of non-ortho nitro benzene ring substituents is 1. The Morgan fingerprint density at radius 3 is 2.68 bits per heavy atom. The highest BCUT2D eigenvalue weighted by Gasteiger charge is 2.11. The van der Waals surface area contributed by atoms with Crippen molar-refractivity contribution < 1.29 is 10.0 Å². The highest BCUT2D eigenvalue weighted by atomic mass is 16.6. The minimum absolute atomic E-state index is 0.161. The number of nitro groups is 1. The van der Waals surface area contributed by atoms with Crippen molar-refractivity contribution in [3.8, 4) is 5.75 Å². The molecule has 0 saturated carbocycles. The van der Waals surface area contributed by atoms with Crippen molar-refractivity contribution in [2.75, 3.05) is 5.32 Å². The van der Waals surface area contributed by atoms with Crippen LogP contribution in [0.5, 0.6) is 5.75 Å². The fourth-order valence-corrected chi connectivity index (χ4v) is 2.29. The van der Waals surface area contributed by atoms with Crippen LogP contribution in [0, 0.1) is 17.0 Å². The Morgan fingerprint density at radius 2 is 1.95 bits per heavy atom. The Bertz CT molecular complexity index is 878. The van der Waals surface area contributed by atoms with Crippen molar-refractivity contribution in [1.29, 1.82) is 0 Å². The third kappa shape index (κ3) is 2.54. The molecule has 6 nitrogen and oxygen atoms in total. The van der Waals surface area contributed by atoms with Gasteiger partial charge in [-0.05, 0) is 30.7 Å². The van der Waals surface area contributed by atoms with Crippen molar-refractivity contribution >= 4 is 28.1 Å². The van der Waals surface area contributed by atoms with Crippen LogP contribution in [0.3, 0.4) is 0 Å². The van der Waals surface area contributed by atoms with Gasteiger partial charge in [-0.25, -0.2) is 4.98 Å². The lowest BCUT2D eigenvalue weighted by atomic mass is 10.1. The number of hydrogen-bond donors (Lipinski definition) is 2. The Hall–Kier alpha value is -3.15. The molecule has 2 aromatic carbocycles. The molecule has 2 N–H and O–H groups in total. The summed E-state index contributed by atoms with van der Waals surface area (Å²) < 4.78 is 0. The molecule has 0 aliphatic carbocycles. The molecule has 0 saturated heterocycles. The van der Waals surface area contributed by atoms with E-state index in [0.29, 0.717) is 11.5 Å². The van der Waals surface area contributed by atoms with E-state index in [9.17, 15) is 15.2 Å². The summed E-state index contributed by atoms with van der Waals surface area (Å²) in [7, 11) is 0. The highest BCUT2D eigenvalue weighted by molar-refractivity contribution is 5.84. The number of phenols is 1. The molecule has 3 aromatic rings. The van der Waals surface area contributed by atoms with Crippen molar-refractivity contribution in [3.05, 3.63) is 64.2 Å². The summed E-state index contributed by atoms with van der Waals surface area (Å²) >= 11 is 0. The first-order valence-electron chi connectivity index (χ1n) is 6.65.